The molecular weight excluding hydrogens is 252 g/mol. The lowest BCUT2D eigenvalue weighted by molar-refractivity contribution is 0.522. The second kappa shape index (κ2) is 5.16. The fraction of sp³-hybridized carbons (Fsp3) is 0.286. The number of rotatable bonds is 3. The van der Waals surface area contributed by atoms with Crippen LogP contribution in [0.25, 0.3) is 0 Å². The predicted octanol–water partition coefficient (Wildman–Crippen LogP) is 3.95. The molecule has 0 aliphatic carbocycles. The molecule has 1 aromatic carbocycles. The van der Waals surface area contributed by atoms with Gasteiger partial charge in [0.15, 0.2) is 0 Å². The van der Waals surface area contributed by atoms with Crippen LogP contribution in [0.2, 0.25) is 0 Å². The molecule has 0 saturated heterocycles. The van der Waals surface area contributed by atoms with Gasteiger partial charge in [-0.2, -0.15) is 0 Å². The summed E-state index contributed by atoms with van der Waals surface area (Å²) >= 11 is 1.63. The Morgan fingerprint density at radius 1 is 1.17 bits per heavy atom. The summed E-state index contributed by atoms with van der Waals surface area (Å²) < 4.78 is 27.7. The van der Waals surface area contributed by atoms with Crippen LogP contribution in [0.3, 0.4) is 0 Å². The Labute approximate surface area is 109 Å². The number of hydrogen-bond acceptors (Lipinski definition) is 2. The van der Waals surface area contributed by atoms with Crippen LogP contribution in [-0.4, -0.2) is 7.05 Å². The third-order valence-electron chi connectivity index (χ3n) is 2.97. The van der Waals surface area contributed by atoms with E-state index in [9.17, 15) is 8.78 Å². The van der Waals surface area contributed by atoms with Crippen LogP contribution in [0.4, 0.5) is 8.78 Å². The van der Waals surface area contributed by atoms with E-state index in [-0.39, 0.29) is 5.56 Å². The van der Waals surface area contributed by atoms with Gasteiger partial charge in [-0.3, -0.25) is 0 Å². The molecule has 4 heteroatoms. The summed E-state index contributed by atoms with van der Waals surface area (Å²) in [6, 6.07) is 5.49. The van der Waals surface area contributed by atoms with Crippen molar-refractivity contribution in [2.24, 2.45) is 0 Å². The van der Waals surface area contributed by atoms with Crippen molar-refractivity contribution in [3.8, 4) is 0 Å². The molecule has 18 heavy (non-hydrogen) atoms. The van der Waals surface area contributed by atoms with E-state index in [4.69, 9.17) is 0 Å². The van der Waals surface area contributed by atoms with E-state index in [0.29, 0.717) is 0 Å². The summed E-state index contributed by atoms with van der Waals surface area (Å²) in [4.78, 5) is 2.22. The van der Waals surface area contributed by atoms with Crippen molar-refractivity contribution in [2.75, 3.05) is 7.05 Å². The second-order valence-corrected chi connectivity index (χ2v) is 5.69. The Kier molecular flexibility index (Phi) is 3.78. The van der Waals surface area contributed by atoms with Gasteiger partial charge in [-0.05, 0) is 44.7 Å². The molecule has 0 aliphatic heterocycles. The largest absolute Gasteiger partial charge is 0.309 e. The summed E-state index contributed by atoms with van der Waals surface area (Å²) in [5.74, 6) is -1.03. The summed E-state index contributed by atoms with van der Waals surface area (Å²) in [5, 5.41) is 3.00. The van der Waals surface area contributed by atoms with E-state index < -0.39 is 17.7 Å². The zero-order valence-corrected chi connectivity index (χ0v) is 11.4. The van der Waals surface area contributed by atoms with E-state index in [0.717, 1.165) is 15.3 Å². The number of aryl methyl sites for hydroxylation is 2. The van der Waals surface area contributed by atoms with Crippen molar-refractivity contribution in [1.82, 2.24) is 5.32 Å². The Hall–Kier alpha value is -1.26. The van der Waals surface area contributed by atoms with Crippen LogP contribution in [0.1, 0.15) is 26.9 Å². The standard InChI is InChI=1S/C14H15F2NS/c1-8-7-10(9(2)18-8)14(17-3)13-11(15)5-4-6-12(13)16/h4-7,14,17H,1-3H3. The topological polar surface area (TPSA) is 12.0 Å². The molecular formula is C14H15F2NS. The minimum Gasteiger partial charge on any atom is -0.309 e. The Balaban J connectivity index is 2.55. The highest BCUT2D eigenvalue weighted by atomic mass is 32.1. The number of nitrogens with one attached hydrogen (secondary N) is 1. The third kappa shape index (κ3) is 2.31. The summed E-state index contributed by atoms with van der Waals surface area (Å²) in [5.41, 5.74) is 1.02. The Morgan fingerprint density at radius 3 is 2.22 bits per heavy atom. The molecule has 0 amide bonds. The first kappa shape index (κ1) is 13.2. The van der Waals surface area contributed by atoms with Crippen molar-refractivity contribution < 1.29 is 8.78 Å². The van der Waals surface area contributed by atoms with E-state index in [2.05, 4.69) is 5.32 Å². The van der Waals surface area contributed by atoms with Gasteiger partial charge in [0, 0.05) is 15.3 Å². The van der Waals surface area contributed by atoms with E-state index >= 15 is 0 Å². The molecule has 1 unspecified atom stereocenters. The molecule has 0 radical (unpaired) electrons. The van der Waals surface area contributed by atoms with Gasteiger partial charge in [-0.1, -0.05) is 6.07 Å². The lowest BCUT2D eigenvalue weighted by atomic mass is 9.98. The van der Waals surface area contributed by atoms with Crippen molar-refractivity contribution in [2.45, 2.75) is 19.9 Å². The number of hydrogen-bond donors (Lipinski definition) is 1. The lowest BCUT2D eigenvalue weighted by Gasteiger charge is -2.18. The van der Waals surface area contributed by atoms with Gasteiger partial charge in [0.1, 0.15) is 11.6 Å². The third-order valence-corrected chi connectivity index (χ3v) is 3.95. The first-order chi connectivity index (χ1) is 8.54. The zero-order valence-electron chi connectivity index (χ0n) is 10.6. The van der Waals surface area contributed by atoms with Crippen molar-refractivity contribution in [1.29, 1.82) is 0 Å². The molecule has 1 aromatic heterocycles. The molecule has 96 valence electrons. The average molecular weight is 267 g/mol. The quantitative estimate of drug-likeness (QED) is 0.887. The van der Waals surface area contributed by atoms with Crippen molar-refractivity contribution >= 4 is 11.3 Å². The second-order valence-electron chi connectivity index (χ2n) is 4.23. The fourth-order valence-electron chi connectivity index (χ4n) is 2.18. The first-order valence-corrected chi connectivity index (χ1v) is 6.54. The molecule has 0 bridgehead atoms. The normalized spacial score (nSPS) is 12.7. The average Bonchev–Trinajstić information content (AvgIpc) is 2.63. The molecule has 2 rings (SSSR count). The minimum atomic E-state index is -0.516. The molecule has 1 heterocycles. The molecule has 1 nitrogen and oxygen atoms in total. The molecule has 0 spiro atoms. The van der Waals surface area contributed by atoms with Gasteiger partial charge < -0.3 is 5.32 Å². The lowest BCUT2D eigenvalue weighted by Crippen LogP contribution is -2.20. The predicted molar refractivity (Wildman–Crippen MR) is 71.1 cm³/mol. The van der Waals surface area contributed by atoms with Gasteiger partial charge in [0.05, 0.1) is 6.04 Å². The summed E-state index contributed by atoms with van der Waals surface area (Å²) in [6.07, 6.45) is 0. The van der Waals surface area contributed by atoms with Crippen LogP contribution >= 0.6 is 11.3 Å². The zero-order chi connectivity index (χ0) is 13.3. The van der Waals surface area contributed by atoms with Crippen LogP contribution in [0.5, 0.6) is 0 Å². The molecule has 2 aromatic rings. The molecule has 0 fully saturated rings. The minimum absolute atomic E-state index is 0.0842. The van der Waals surface area contributed by atoms with E-state index in [1.807, 2.05) is 19.9 Å². The van der Waals surface area contributed by atoms with E-state index in [1.54, 1.807) is 18.4 Å². The molecule has 1 atom stereocenters. The van der Waals surface area contributed by atoms with Gasteiger partial charge in [-0.25, -0.2) is 8.78 Å². The highest BCUT2D eigenvalue weighted by Gasteiger charge is 2.22. The fourth-order valence-corrected chi connectivity index (χ4v) is 3.14. The van der Waals surface area contributed by atoms with Crippen molar-refractivity contribution in [3.63, 3.8) is 0 Å². The highest BCUT2D eigenvalue weighted by molar-refractivity contribution is 7.12. The summed E-state index contributed by atoms with van der Waals surface area (Å²) in [6.45, 7) is 3.96. The maximum Gasteiger partial charge on any atom is 0.131 e. The first-order valence-electron chi connectivity index (χ1n) is 5.72. The van der Waals surface area contributed by atoms with Crippen molar-refractivity contribution in [3.05, 3.63) is 56.8 Å². The van der Waals surface area contributed by atoms with Gasteiger partial charge in [0.25, 0.3) is 0 Å². The van der Waals surface area contributed by atoms with Gasteiger partial charge >= 0.3 is 0 Å². The van der Waals surface area contributed by atoms with E-state index in [1.165, 1.54) is 18.2 Å². The SMILES string of the molecule is CNC(c1cc(C)sc1C)c1c(F)cccc1F. The smallest absolute Gasteiger partial charge is 0.131 e. The van der Waals surface area contributed by atoms with Crippen LogP contribution in [0, 0.1) is 25.5 Å². The van der Waals surface area contributed by atoms with Crippen LogP contribution in [0.15, 0.2) is 24.3 Å². The maximum absolute atomic E-state index is 13.8. The van der Waals surface area contributed by atoms with Crippen LogP contribution in [-0.2, 0) is 0 Å². The molecule has 1 N–H and O–H groups in total. The summed E-state index contributed by atoms with van der Waals surface area (Å²) in [7, 11) is 1.71. The van der Waals surface area contributed by atoms with Gasteiger partial charge in [-0.15, -0.1) is 11.3 Å². The Morgan fingerprint density at radius 2 is 1.78 bits per heavy atom. The highest BCUT2D eigenvalue weighted by Crippen LogP contribution is 2.32. The molecule has 0 aliphatic rings. The molecule has 0 saturated carbocycles. The Bertz CT molecular complexity index is 543. The number of thiophene rings is 1. The number of halogens is 2. The van der Waals surface area contributed by atoms with Crippen LogP contribution < -0.4 is 5.32 Å². The van der Waals surface area contributed by atoms with Gasteiger partial charge in [0.2, 0.25) is 0 Å². The maximum atomic E-state index is 13.8. The monoisotopic (exact) mass is 267 g/mol. The number of benzene rings is 1.